The number of carbonyl (C=O) groups is 3. The van der Waals surface area contributed by atoms with Crippen molar-refractivity contribution in [3.8, 4) is 17.2 Å². The molecule has 31 heavy (non-hydrogen) atoms. The Hall–Kier alpha value is -3.95. The van der Waals surface area contributed by atoms with Crippen LogP contribution in [0.1, 0.15) is 28.8 Å². The number of aromatic hydroxyl groups is 1. The fourth-order valence-corrected chi connectivity index (χ4v) is 3.71. The smallest absolute Gasteiger partial charge is 0.255 e. The highest BCUT2D eigenvalue weighted by Crippen LogP contribution is 2.41. The predicted molar refractivity (Wildman–Crippen MR) is 108 cm³/mol. The molecule has 0 aliphatic carbocycles. The number of carbonyl (C=O) groups excluding carboxylic acids is 3. The second-order valence-electron chi connectivity index (χ2n) is 7.10. The van der Waals surface area contributed by atoms with E-state index in [2.05, 4.69) is 15.5 Å². The van der Waals surface area contributed by atoms with Gasteiger partial charge in [0.1, 0.15) is 6.04 Å². The summed E-state index contributed by atoms with van der Waals surface area (Å²) < 4.78 is 10.2. The van der Waals surface area contributed by atoms with Crippen LogP contribution >= 0.6 is 0 Å². The van der Waals surface area contributed by atoms with Gasteiger partial charge in [-0.3, -0.25) is 19.7 Å². The number of amides is 3. The molecule has 10 nitrogen and oxygen atoms in total. The molecule has 3 amide bonds. The molecule has 1 atom stereocenters. The van der Waals surface area contributed by atoms with Crippen LogP contribution in [0, 0.1) is 0 Å². The molecule has 0 radical (unpaired) electrons. The molecule has 0 bridgehead atoms. The van der Waals surface area contributed by atoms with Gasteiger partial charge < -0.3 is 19.5 Å². The molecule has 2 aliphatic rings. The number of nitrogens with one attached hydrogen (secondary N) is 1. The first-order valence-electron chi connectivity index (χ1n) is 9.56. The first-order valence-corrected chi connectivity index (χ1v) is 9.56. The number of nitrogens with zero attached hydrogens (tertiary/aromatic N) is 3. The Morgan fingerprint density at radius 2 is 1.81 bits per heavy atom. The van der Waals surface area contributed by atoms with Crippen molar-refractivity contribution in [2.24, 2.45) is 10.2 Å². The van der Waals surface area contributed by atoms with Gasteiger partial charge in [-0.05, 0) is 18.6 Å². The van der Waals surface area contributed by atoms with Crippen LogP contribution in [-0.4, -0.2) is 48.0 Å². The summed E-state index contributed by atoms with van der Waals surface area (Å²) >= 11 is 0. The zero-order valence-corrected chi connectivity index (χ0v) is 16.9. The summed E-state index contributed by atoms with van der Waals surface area (Å²) in [5.41, 5.74) is 1.96. The number of piperidine rings is 1. The van der Waals surface area contributed by atoms with Gasteiger partial charge in [0.15, 0.2) is 11.5 Å². The highest BCUT2D eigenvalue weighted by molar-refractivity contribution is 6.06. The fraction of sp³-hybridized carbons (Fsp3) is 0.286. The van der Waals surface area contributed by atoms with Crippen LogP contribution in [0.25, 0.3) is 0 Å². The van der Waals surface area contributed by atoms with Crippen molar-refractivity contribution >= 4 is 29.1 Å². The molecule has 2 N–H and O–H groups in total. The largest absolute Gasteiger partial charge is 0.502 e. The quantitative estimate of drug-likeness (QED) is 0.560. The minimum absolute atomic E-state index is 0.143. The fourth-order valence-electron chi connectivity index (χ4n) is 3.71. The Balaban J connectivity index is 1.62. The lowest BCUT2D eigenvalue weighted by atomic mass is 10.0. The highest BCUT2D eigenvalue weighted by atomic mass is 16.5. The number of fused-ring (bicyclic) bond motifs is 1. The van der Waals surface area contributed by atoms with Gasteiger partial charge in [0.25, 0.3) is 5.91 Å². The molecule has 0 spiro atoms. The Kier molecular flexibility index (Phi) is 5.28. The summed E-state index contributed by atoms with van der Waals surface area (Å²) in [6, 6.07) is 7.40. The Morgan fingerprint density at radius 3 is 2.45 bits per heavy atom. The number of rotatable bonds is 5. The number of hydrogen-bond acceptors (Lipinski definition) is 8. The molecule has 2 aromatic carbocycles. The number of phenolic OH excluding ortho intramolecular Hbond substituents is 1. The van der Waals surface area contributed by atoms with E-state index < -0.39 is 11.9 Å². The zero-order chi connectivity index (χ0) is 22.1. The summed E-state index contributed by atoms with van der Waals surface area (Å²) in [7, 11) is 2.82. The van der Waals surface area contributed by atoms with Crippen molar-refractivity contribution in [1.29, 1.82) is 0 Å². The third-order valence-corrected chi connectivity index (χ3v) is 5.30. The molecule has 1 saturated heterocycles. The summed E-state index contributed by atoms with van der Waals surface area (Å²) in [5.74, 6) is -0.857. The first kappa shape index (κ1) is 20.3. The van der Waals surface area contributed by atoms with E-state index in [1.807, 2.05) is 0 Å². The van der Waals surface area contributed by atoms with Crippen LogP contribution < -0.4 is 14.8 Å². The van der Waals surface area contributed by atoms with Gasteiger partial charge >= 0.3 is 0 Å². The third-order valence-electron chi connectivity index (χ3n) is 5.30. The SMILES string of the molecule is COc1cc(/N=N/c2cccc3c2CN(C2CCC(=O)NC2=O)C3=O)cc(OC)c1O. The summed E-state index contributed by atoms with van der Waals surface area (Å²) in [6.07, 6.45) is 0.474. The van der Waals surface area contributed by atoms with Gasteiger partial charge in [0.05, 0.1) is 25.6 Å². The van der Waals surface area contributed by atoms with Crippen molar-refractivity contribution in [1.82, 2.24) is 10.2 Å². The zero-order valence-electron chi connectivity index (χ0n) is 16.9. The maximum absolute atomic E-state index is 12.9. The minimum Gasteiger partial charge on any atom is -0.502 e. The highest BCUT2D eigenvalue weighted by Gasteiger charge is 2.39. The second-order valence-corrected chi connectivity index (χ2v) is 7.10. The van der Waals surface area contributed by atoms with E-state index in [0.29, 0.717) is 22.5 Å². The average molecular weight is 424 g/mol. The number of azo groups is 1. The maximum atomic E-state index is 12.9. The molecule has 1 unspecified atom stereocenters. The standard InChI is InChI=1S/C21H20N4O6/c1-30-16-8-11(9-17(31-2)19(16)27)23-24-14-5-3-4-12-13(14)10-25(21(12)29)15-6-7-18(26)22-20(15)28/h3-5,8-9,15,27H,6-7,10H2,1-2H3,(H,22,26,28)/b24-23+. The number of benzene rings is 2. The summed E-state index contributed by atoms with van der Waals surface area (Å²) in [5, 5.41) is 20.8. The van der Waals surface area contributed by atoms with Gasteiger partial charge in [-0.2, -0.15) is 10.2 Å². The van der Waals surface area contributed by atoms with Crippen LogP contribution in [0.4, 0.5) is 11.4 Å². The van der Waals surface area contributed by atoms with Gasteiger partial charge in [0.2, 0.25) is 17.6 Å². The number of methoxy groups -OCH3 is 2. The molecule has 4 rings (SSSR count). The van der Waals surface area contributed by atoms with Crippen LogP contribution in [0.5, 0.6) is 17.2 Å². The average Bonchev–Trinajstić information content (AvgIpc) is 3.10. The second kappa shape index (κ2) is 8.05. The maximum Gasteiger partial charge on any atom is 0.255 e. The Bertz CT molecular complexity index is 1090. The van der Waals surface area contributed by atoms with Crippen molar-refractivity contribution in [3.05, 3.63) is 41.5 Å². The van der Waals surface area contributed by atoms with E-state index in [1.165, 1.54) is 31.3 Å². The van der Waals surface area contributed by atoms with Crippen LogP contribution in [0.2, 0.25) is 0 Å². The molecule has 10 heteroatoms. The van der Waals surface area contributed by atoms with Crippen LogP contribution in [0.3, 0.4) is 0 Å². The van der Waals surface area contributed by atoms with Crippen molar-refractivity contribution in [2.45, 2.75) is 25.4 Å². The van der Waals surface area contributed by atoms with Gasteiger partial charge in [-0.1, -0.05) is 6.07 Å². The molecule has 2 heterocycles. The lowest BCUT2D eigenvalue weighted by Crippen LogP contribution is -2.52. The van der Waals surface area contributed by atoms with E-state index in [9.17, 15) is 19.5 Å². The van der Waals surface area contributed by atoms with Crippen LogP contribution in [-0.2, 0) is 16.1 Å². The third kappa shape index (κ3) is 3.67. The van der Waals surface area contributed by atoms with Crippen molar-refractivity contribution < 1.29 is 29.0 Å². The molecular weight excluding hydrogens is 404 g/mol. The molecule has 0 saturated carbocycles. The van der Waals surface area contributed by atoms with E-state index in [1.54, 1.807) is 18.2 Å². The Labute approximate surface area is 177 Å². The molecule has 1 fully saturated rings. The number of ether oxygens (including phenoxy) is 2. The molecule has 160 valence electrons. The molecule has 0 aromatic heterocycles. The molecule has 2 aliphatic heterocycles. The van der Waals surface area contributed by atoms with Gasteiger partial charge in [0, 0.05) is 36.2 Å². The lowest BCUT2D eigenvalue weighted by molar-refractivity contribution is -0.136. The van der Waals surface area contributed by atoms with E-state index in [4.69, 9.17) is 9.47 Å². The normalized spacial score (nSPS) is 18.3. The van der Waals surface area contributed by atoms with Gasteiger partial charge in [-0.15, -0.1) is 0 Å². The lowest BCUT2D eigenvalue weighted by Gasteiger charge is -2.29. The molecular formula is C21H20N4O6. The van der Waals surface area contributed by atoms with E-state index in [-0.39, 0.29) is 48.4 Å². The number of imide groups is 1. The summed E-state index contributed by atoms with van der Waals surface area (Å²) in [4.78, 5) is 38.0. The van der Waals surface area contributed by atoms with Crippen molar-refractivity contribution in [3.63, 3.8) is 0 Å². The summed E-state index contributed by atoms with van der Waals surface area (Å²) in [6.45, 7) is 0.192. The van der Waals surface area contributed by atoms with Crippen molar-refractivity contribution in [2.75, 3.05) is 14.2 Å². The van der Waals surface area contributed by atoms with E-state index in [0.717, 1.165) is 0 Å². The first-order chi connectivity index (χ1) is 14.9. The minimum atomic E-state index is -0.701. The predicted octanol–water partition coefficient (Wildman–Crippen LogP) is 2.59. The topological polar surface area (TPSA) is 130 Å². The monoisotopic (exact) mass is 424 g/mol. The Morgan fingerprint density at radius 1 is 1.10 bits per heavy atom. The van der Waals surface area contributed by atoms with Gasteiger partial charge in [-0.25, -0.2) is 0 Å². The number of hydrogen-bond donors (Lipinski definition) is 2. The molecule has 2 aromatic rings. The number of phenols is 1. The van der Waals surface area contributed by atoms with Crippen LogP contribution in [0.15, 0.2) is 40.6 Å². The van der Waals surface area contributed by atoms with E-state index >= 15 is 0 Å².